The molecular formula is C18H24NO+. The molecule has 0 spiro atoms. The highest BCUT2D eigenvalue weighted by molar-refractivity contribution is 5.99. The normalized spacial score (nSPS) is 23.1. The Bertz CT molecular complexity index is 495. The highest BCUT2D eigenvalue weighted by atomic mass is 16.1. The Hall–Kier alpha value is -1.44. The van der Waals surface area contributed by atoms with Gasteiger partial charge in [0.25, 0.3) is 0 Å². The third-order valence-corrected chi connectivity index (χ3v) is 4.75. The maximum absolute atomic E-state index is 12.4. The summed E-state index contributed by atoms with van der Waals surface area (Å²) >= 11 is 0. The van der Waals surface area contributed by atoms with E-state index in [0.717, 1.165) is 5.56 Å². The van der Waals surface area contributed by atoms with Crippen molar-refractivity contribution in [3.8, 4) is 0 Å². The minimum Gasteiger partial charge on any atom is -0.294 e. The molecule has 1 saturated heterocycles. The maximum atomic E-state index is 12.4. The summed E-state index contributed by atoms with van der Waals surface area (Å²) in [5, 5.41) is 0. The van der Waals surface area contributed by atoms with Crippen LogP contribution in [0.2, 0.25) is 0 Å². The third-order valence-electron chi connectivity index (χ3n) is 4.75. The topological polar surface area (TPSA) is 20.1 Å². The summed E-state index contributed by atoms with van der Waals surface area (Å²) in [7, 11) is 0. The summed E-state index contributed by atoms with van der Waals surface area (Å²) in [6, 6.07) is 9.78. The SMILES string of the molecule is O=C(CC1CCCCC1=[N+]1CCCC1)c1ccccc1. The molecule has 1 saturated carbocycles. The molecule has 1 aliphatic heterocycles. The summed E-state index contributed by atoms with van der Waals surface area (Å²) in [5.41, 5.74) is 2.46. The van der Waals surface area contributed by atoms with Crippen LogP contribution in [0.1, 0.15) is 55.3 Å². The van der Waals surface area contributed by atoms with Gasteiger partial charge in [0.15, 0.2) is 11.5 Å². The molecule has 0 N–H and O–H groups in total. The van der Waals surface area contributed by atoms with E-state index < -0.39 is 0 Å². The van der Waals surface area contributed by atoms with Crippen LogP contribution in [0, 0.1) is 5.92 Å². The number of ketones is 1. The number of hydrogen-bond donors (Lipinski definition) is 0. The van der Waals surface area contributed by atoms with Crippen molar-refractivity contribution in [3.05, 3.63) is 35.9 Å². The first-order valence-corrected chi connectivity index (χ1v) is 8.03. The van der Waals surface area contributed by atoms with Gasteiger partial charge in [0, 0.05) is 37.2 Å². The van der Waals surface area contributed by atoms with E-state index in [1.54, 1.807) is 5.71 Å². The quantitative estimate of drug-likeness (QED) is 0.606. The Labute approximate surface area is 121 Å². The predicted octanol–water partition coefficient (Wildman–Crippen LogP) is 3.70. The van der Waals surface area contributed by atoms with E-state index >= 15 is 0 Å². The van der Waals surface area contributed by atoms with Crippen LogP contribution >= 0.6 is 0 Å². The second kappa shape index (κ2) is 6.34. The molecule has 1 aromatic rings. The van der Waals surface area contributed by atoms with Gasteiger partial charge in [-0.3, -0.25) is 4.79 Å². The van der Waals surface area contributed by atoms with Crippen LogP contribution in [0.25, 0.3) is 0 Å². The van der Waals surface area contributed by atoms with E-state index in [-0.39, 0.29) is 0 Å². The number of nitrogens with zero attached hydrogens (tertiary/aromatic N) is 1. The standard InChI is InChI=1S/C18H24NO/c20-18(15-8-2-1-3-9-15)14-16-10-4-5-11-17(16)19-12-6-7-13-19/h1-3,8-9,16H,4-7,10-14H2/q+1. The first kappa shape index (κ1) is 13.5. The second-order valence-electron chi connectivity index (χ2n) is 6.12. The molecule has 1 heterocycles. The molecular weight excluding hydrogens is 246 g/mol. The Morgan fingerprint density at radius 3 is 2.55 bits per heavy atom. The average molecular weight is 270 g/mol. The van der Waals surface area contributed by atoms with Gasteiger partial charge >= 0.3 is 0 Å². The molecule has 0 bridgehead atoms. The first-order chi connectivity index (χ1) is 9.84. The molecule has 3 rings (SSSR count). The summed E-state index contributed by atoms with van der Waals surface area (Å²) in [6.07, 6.45) is 8.35. The van der Waals surface area contributed by atoms with Gasteiger partial charge in [0.1, 0.15) is 13.1 Å². The second-order valence-corrected chi connectivity index (χ2v) is 6.12. The number of benzene rings is 1. The van der Waals surface area contributed by atoms with Crippen LogP contribution in [0.15, 0.2) is 30.3 Å². The van der Waals surface area contributed by atoms with Crippen LogP contribution in [-0.4, -0.2) is 29.2 Å². The zero-order valence-electron chi connectivity index (χ0n) is 12.2. The van der Waals surface area contributed by atoms with Gasteiger partial charge in [-0.15, -0.1) is 0 Å². The van der Waals surface area contributed by atoms with Gasteiger partial charge in [0.05, 0.1) is 0 Å². The molecule has 0 radical (unpaired) electrons. The van der Waals surface area contributed by atoms with Crippen LogP contribution < -0.4 is 0 Å². The summed E-state index contributed by atoms with van der Waals surface area (Å²) < 4.78 is 2.57. The summed E-state index contributed by atoms with van der Waals surface area (Å²) in [5.74, 6) is 0.809. The van der Waals surface area contributed by atoms with Gasteiger partial charge in [-0.05, 0) is 12.8 Å². The third kappa shape index (κ3) is 3.00. The highest BCUT2D eigenvalue weighted by Gasteiger charge is 2.31. The number of rotatable bonds is 3. The molecule has 2 heteroatoms. The van der Waals surface area contributed by atoms with E-state index in [4.69, 9.17) is 0 Å². The van der Waals surface area contributed by atoms with Gasteiger partial charge in [-0.1, -0.05) is 36.8 Å². The fourth-order valence-corrected chi connectivity index (χ4v) is 3.67. The van der Waals surface area contributed by atoms with Crippen LogP contribution in [0.4, 0.5) is 0 Å². The smallest absolute Gasteiger partial charge is 0.163 e. The Morgan fingerprint density at radius 1 is 1.05 bits per heavy atom. The van der Waals surface area contributed by atoms with Crippen LogP contribution in [0.3, 0.4) is 0 Å². The van der Waals surface area contributed by atoms with Crippen molar-refractivity contribution in [1.82, 2.24) is 0 Å². The molecule has 2 aliphatic rings. The minimum absolute atomic E-state index is 0.314. The van der Waals surface area contributed by atoms with Crippen molar-refractivity contribution in [1.29, 1.82) is 0 Å². The Kier molecular flexibility index (Phi) is 4.29. The lowest BCUT2D eigenvalue weighted by Crippen LogP contribution is -2.30. The molecule has 1 aliphatic carbocycles. The molecule has 106 valence electrons. The van der Waals surface area contributed by atoms with Crippen molar-refractivity contribution in [2.75, 3.05) is 13.1 Å². The number of carbonyl (C=O) groups is 1. The molecule has 0 aromatic heterocycles. The van der Waals surface area contributed by atoms with Crippen molar-refractivity contribution >= 4 is 11.5 Å². The summed E-state index contributed by atoms with van der Waals surface area (Å²) in [6.45, 7) is 2.43. The maximum Gasteiger partial charge on any atom is 0.163 e. The zero-order chi connectivity index (χ0) is 13.8. The molecule has 0 amide bonds. The lowest BCUT2D eigenvalue weighted by molar-refractivity contribution is -0.510. The lowest BCUT2D eigenvalue weighted by Gasteiger charge is -2.22. The Morgan fingerprint density at radius 2 is 1.80 bits per heavy atom. The molecule has 20 heavy (non-hydrogen) atoms. The lowest BCUT2D eigenvalue weighted by atomic mass is 9.82. The fraction of sp³-hybridized carbons (Fsp3) is 0.556. The molecule has 2 nitrogen and oxygen atoms in total. The molecule has 1 atom stereocenters. The van der Waals surface area contributed by atoms with Gasteiger partial charge in [-0.2, -0.15) is 0 Å². The molecule has 2 fully saturated rings. The fourth-order valence-electron chi connectivity index (χ4n) is 3.67. The van der Waals surface area contributed by atoms with E-state index in [9.17, 15) is 4.79 Å². The van der Waals surface area contributed by atoms with Gasteiger partial charge in [-0.25, -0.2) is 4.58 Å². The van der Waals surface area contributed by atoms with Crippen molar-refractivity contribution < 1.29 is 9.37 Å². The molecule has 1 aromatic carbocycles. The average Bonchev–Trinajstić information content (AvgIpc) is 3.03. The Balaban J connectivity index is 1.74. The zero-order valence-corrected chi connectivity index (χ0v) is 12.2. The van der Waals surface area contributed by atoms with Crippen molar-refractivity contribution in [3.63, 3.8) is 0 Å². The van der Waals surface area contributed by atoms with Crippen LogP contribution in [-0.2, 0) is 0 Å². The van der Waals surface area contributed by atoms with Crippen molar-refractivity contribution in [2.24, 2.45) is 5.92 Å². The van der Waals surface area contributed by atoms with Crippen LogP contribution in [0.5, 0.6) is 0 Å². The van der Waals surface area contributed by atoms with E-state index in [1.165, 1.54) is 51.6 Å². The first-order valence-electron chi connectivity index (χ1n) is 8.03. The van der Waals surface area contributed by atoms with E-state index in [1.807, 2.05) is 30.3 Å². The molecule has 1 unspecified atom stereocenters. The largest absolute Gasteiger partial charge is 0.294 e. The minimum atomic E-state index is 0.314. The monoisotopic (exact) mass is 270 g/mol. The van der Waals surface area contributed by atoms with Crippen molar-refractivity contribution in [2.45, 2.75) is 44.9 Å². The number of Topliss-reactive ketones (excluding diaryl/α,β-unsaturated/α-hetero) is 1. The highest BCUT2D eigenvalue weighted by Crippen LogP contribution is 2.27. The predicted molar refractivity (Wildman–Crippen MR) is 81.6 cm³/mol. The number of hydrogen-bond acceptors (Lipinski definition) is 1. The van der Waals surface area contributed by atoms with Gasteiger partial charge < -0.3 is 0 Å². The van der Waals surface area contributed by atoms with E-state index in [0.29, 0.717) is 18.1 Å². The summed E-state index contributed by atoms with van der Waals surface area (Å²) in [4.78, 5) is 12.4. The van der Waals surface area contributed by atoms with E-state index in [2.05, 4.69) is 4.58 Å². The van der Waals surface area contributed by atoms with Gasteiger partial charge in [0.2, 0.25) is 0 Å². The number of carbonyl (C=O) groups excluding carboxylic acids is 1.